The Labute approximate surface area is 744 Å². The van der Waals surface area contributed by atoms with Gasteiger partial charge in [0, 0.05) is 65.0 Å². The molecular weight excluding hydrogens is 1570 g/mol. The predicted octanol–water partition coefficient (Wildman–Crippen LogP) is 21.9. The minimum atomic E-state index is -0.597. The zero-order chi connectivity index (χ0) is 90.2. The van der Waals surface area contributed by atoms with Crippen LogP contribution in [0.25, 0.3) is 64.6 Å². The molecule has 8 bridgehead atoms. The molecule has 0 aromatic heterocycles. The van der Waals surface area contributed by atoms with E-state index in [4.69, 9.17) is 28.4 Å². The molecule has 13 rings (SSSR count). The van der Waals surface area contributed by atoms with E-state index in [0.717, 1.165) is 170 Å². The average molecular weight is 1700 g/mol. The number of hydrogen-bond acceptors (Lipinski definition) is 12. The van der Waals surface area contributed by atoms with Crippen molar-refractivity contribution in [3.8, 4) is 23.0 Å². The lowest BCUT2D eigenvalue weighted by molar-refractivity contribution is -0.124. The van der Waals surface area contributed by atoms with Gasteiger partial charge >= 0.3 is 12.2 Å². The number of unbranched alkanes of at least 4 members (excludes halogenated alkanes) is 6. The summed E-state index contributed by atoms with van der Waals surface area (Å²) in [5.41, 5.74) is 9.25. The highest BCUT2D eigenvalue weighted by Gasteiger charge is 2.32. The first-order chi connectivity index (χ1) is 59.7. The number of hydrogen-bond donors (Lipinski definition) is 6. The Morgan fingerprint density at radius 1 is 0.270 bits per heavy atom. The highest BCUT2D eigenvalue weighted by molar-refractivity contribution is 6.24. The number of fused-ring (bicyclic) bond motifs is 8. The monoisotopic (exact) mass is 1700 g/mol. The normalized spacial score (nSPS) is 12.8. The summed E-state index contributed by atoms with van der Waals surface area (Å²) in [5.74, 6) is 0.771. The van der Waals surface area contributed by atoms with Crippen molar-refractivity contribution in [1.29, 1.82) is 0 Å². The van der Waals surface area contributed by atoms with Crippen molar-refractivity contribution in [3.05, 3.63) is 236 Å². The van der Waals surface area contributed by atoms with Gasteiger partial charge in [0.05, 0.1) is 0 Å². The topological polar surface area (TPSA) is 230 Å². The van der Waals surface area contributed by atoms with Crippen LogP contribution in [0.2, 0.25) is 0 Å². The molecule has 0 saturated heterocycles. The molecule has 0 heterocycles. The van der Waals surface area contributed by atoms with Gasteiger partial charge in [0.15, 0.2) is 26.4 Å². The second-order valence-electron chi connectivity index (χ2n) is 40.5. The summed E-state index contributed by atoms with van der Waals surface area (Å²) in [7, 11) is 0. The lowest BCUT2D eigenvalue weighted by Crippen LogP contribution is -2.33. The average Bonchev–Trinajstić information content (AvgIpc) is 0.741. The fourth-order valence-electron chi connectivity index (χ4n) is 17.1. The van der Waals surface area contributed by atoms with Gasteiger partial charge in [-0.2, -0.15) is 0 Å². The first-order valence-electron chi connectivity index (χ1n) is 45.2. The Hall–Kier alpha value is -11.7. The van der Waals surface area contributed by atoms with Crippen LogP contribution in [0.15, 0.2) is 158 Å². The van der Waals surface area contributed by atoms with Crippen LogP contribution < -0.4 is 50.8 Å². The fraction of sp³-hybridized carbons (Fsp3) is 0.426. The van der Waals surface area contributed by atoms with Gasteiger partial charge in [-0.1, -0.05) is 266 Å². The fourth-order valence-corrected chi connectivity index (χ4v) is 17.1. The van der Waals surface area contributed by atoms with Crippen molar-refractivity contribution < 1.29 is 57.2 Å². The van der Waals surface area contributed by atoms with Gasteiger partial charge in [0.2, 0.25) is 0 Å². The van der Waals surface area contributed by atoms with Gasteiger partial charge in [-0.15, -0.1) is 0 Å². The van der Waals surface area contributed by atoms with Crippen molar-refractivity contribution in [2.75, 3.05) is 52.6 Å². The molecule has 6 N–H and O–H groups in total. The lowest BCUT2D eigenvalue weighted by Gasteiger charge is -2.29. The number of rotatable bonds is 30. The maximum atomic E-state index is 15.0. The maximum Gasteiger partial charge on any atom is 0.407 e. The molecule has 0 unspecified atom stereocenters. The molecule has 18 nitrogen and oxygen atoms in total. The Balaban J connectivity index is 0.912. The number of amides is 6. The van der Waals surface area contributed by atoms with E-state index in [9.17, 15) is 19.2 Å². The molecule has 664 valence electrons. The summed E-state index contributed by atoms with van der Waals surface area (Å²) in [6.07, 6.45) is 6.22. The van der Waals surface area contributed by atoms with Crippen molar-refractivity contribution in [3.63, 3.8) is 0 Å². The van der Waals surface area contributed by atoms with Crippen molar-refractivity contribution >= 4 is 100 Å². The van der Waals surface area contributed by atoms with Gasteiger partial charge in [0.1, 0.15) is 34.2 Å². The van der Waals surface area contributed by atoms with E-state index in [-0.39, 0.29) is 88.8 Å². The van der Waals surface area contributed by atoms with Gasteiger partial charge in [-0.25, -0.2) is 9.59 Å². The molecule has 12 aromatic carbocycles. The number of carbonyl (C=O) groups is 6. The summed E-state index contributed by atoms with van der Waals surface area (Å²) >= 11 is 0. The zero-order valence-corrected chi connectivity index (χ0v) is 77.5. The minimum Gasteiger partial charge on any atom is -0.483 e. The largest absolute Gasteiger partial charge is 0.483 e. The molecule has 6 amide bonds. The zero-order valence-electron chi connectivity index (χ0n) is 77.5. The molecule has 12 aromatic rings. The quantitative estimate of drug-likeness (QED) is 0.0182. The van der Waals surface area contributed by atoms with E-state index in [2.05, 4.69) is 273 Å². The highest BCUT2D eigenvalue weighted by Crippen LogP contribution is 2.46. The van der Waals surface area contributed by atoms with E-state index in [1.807, 2.05) is 41.5 Å². The Bertz CT molecular complexity index is 5490. The summed E-state index contributed by atoms with van der Waals surface area (Å²) in [6.45, 7) is 38.3. The first kappa shape index (κ1) is 92.0. The number of ether oxygens (including phenoxy) is 6. The molecule has 18 heteroatoms. The van der Waals surface area contributed by atoms with E-state index in [1.165, 1.54) is 10.8 Å². The Morgan fingerprint density at radius 3 is 0.754 bits per heavy atom. The maximum absolute atomic E-state index is 15.0. The smallest absolute Gasteiger partial charge is 0.407 e. The van der Waals surface area contributed by atoms with E-state index >= 15 is 9.59 Å². The molecule has 0 atom stereocenters. The van der Waals surface area contributed by atoms with Crippen LogP contribution in [0.3, 0.4) is 0 Å². The van der Waals surface area contributed by atoms with Crippen molar-refractivity contribution in [1.82, 2.24) is 31.9 Å². The standard InChI is InChI=1S/C108H130N6O12/c1-103(2,3)83-53-75-49-79-57-85(105(7,8)9)59-81(99(79)123-65-91(117)113-61-73-39-37-71-35-33-67-29-27-31-69-41-43-87(73)95(71)93(67)69)51-77-55-84(104(4,5)6)56-78(98(77)122-64-90(116)110-46-24-20-22-26-48-112-102(120)126-108(16,17)18)52-82-60-86(106(10,11)12)58-80(50-76(54-83)97(75)121-63-89(115)109-45-23-19-21-25-47-111-101(119)125-107(13,14)15)100(82)124-66-92(118)114-62-74-40-38-72-36-34-68-30-28-32-70-42-44-88(74)96(72)94(68)70/h27-44,53-60H,19-26,45-52,61-66H2,1-18H3,(H,109,115)(H,110,116)(H,111,119)(H,112,120)(H,113,117)(H,114,118). The number of benzene rings is 12. The minimum absolute atomic E-state index is 0.218. The summed E-state index contributed by atoms with van der Waals surface area (Å²) in [4.78, 5) is 84.0. The van der Waals surface area contributed by atoms with Gasteiger partial charge in [-0.3, -0.25) is 19.2 Å². The molecule has 126 heavy (non-hydrogen) atoms. The number of carbonyl (C=O) groups excluding carboxylic acids is 6. The Kier molecular flexibility index (Phi) is 28.2. The Morgan fingerprint density at radius 2 is 0.500 bits per heavy atom. The van der Waals surface area contributed by atoms with Crippen LogP contribution in [0.1, 0.15) is 254 Å². The van der Waals surface area contributed by atoms with Crippen LogP contribution in [-0.4, -0.2) is 99.6 Å². The van der Waals surface area contributed by atoms with Crippen molar-refractivity contribution in [2.45, 2.75) is 248 Å². The highest BCUT2D eigenvalue weighted by atomic mass is 16.6. The van der Waals surface area contributed by atoms with Crippen LogP contribution in [-0.2, 0) is 89.1 Å². The molecule has 1 aliphatic carbocycles. The number of alkyl carbamates (subject to hydrolysis) is 2. The van der Waals surface area contributed by atoms with E-state index in [1.54, 1.807) is 0 Å². The van der Waals surface area contributed by atoms with E-state index in [0.29, 0.717) is 62.0 Å². The van der Waals surface area contributed by atoms with Gasteiger partial charge in [-0.05, 0) is 231 Å². The second kappa shape index (κ2) is 38.7. The van der Waals surface area contributed by atoms with Crippen LogP contribution in [0.4, 0.5) is 9.59 Å². The van der Waals surface area contributed by atoms with Gasteiger partial charge in [0.25, 0.3) is 23.6 Å². The molecule has 0 fully saturated rings. The SMILES string of the molecule is CC(C)(C)OC(=O)NCCCCCCNC(=O)COc1c2cc(C(C)(C)C)cc1Cc1cc(C(C)(C)C)cc(c1OCC(=O)NCc1ccc3ccc4cccc5ccc1c3c45)Cc1cc(C(C)(C)C)cc(c1OCC(=O)NCCCCCCNC(=O)OC(C)(C)C)Cc1cc(C(C)(C)C)cc(c1OCC(=O)NCc1ccc3ccc4cccc5ccc1c3c45)C2. The third kappa shape index (κ3) is 23.3. The van der Waals surface area contributed by atoms with Gasteiger partial charge < -0.3 is 60.3 Å². The van der Waals surface area contributed by atoms with Crippen LogP contribution in [0.5, 0.6) is 23.0 Å². The molecule has 0 radical (unpaired) electrons. The van der Waals surface area contributed by atoms with Crippen LogP contribution >= 0.6 is 0 Å². The molecule has 0 spiro atoms. The number of nitrogens with one attached hydrogen (secondary N) is 6. The predicted molar refractivity (Wildman–Crippen MR) is 509 cm³/mol. The lowest BCUT2D eigenvalue weighted by atomic mass is 9.79. The molecular formula is C108H130N6O12. The summed E-state index contributed by atoms with van der Waals surface area (Å²) in [5, 5.41) is 32.3. The summed E-state index contributed by atoms with van der Waals surface area (Å²) < 4.78 is 39.8. The molecule has 1 aliphatic rings. The first-order valence-corrected chi connectivity index (χ1v) is 45.2. The molecule has 0 aliphatic heterocycles. The summed E-state index contributed by atoms with van der Waals surface area (Å²) in [6, 6.07) is 56.0. The second-order valence-corrected chi connectivity index (χ2v) is 40.5. The molecule has 0 saturated carbocycles. The third-order valence-electron chi connectivity index (χ3n) is 23.7. The third-order valence-corrected chi connectivity index (χ3v) is 23.7. The van der Waals surface area contributed by atoms with Crippen LogP contribution in [0, 0.1) is 0 Å². The van der Waals surface area contributed by atoms with Crippen molar-refractivity contribution in [2.24, 2.45) is 0 Å². The van der Waals surface area contributed by atoms with E-state index < -0.39 is 45.0 Å².